The maximum absolute atomic E-state index is 8.44. The van der Waals surface area contributed by atoms with Crippen LogP contribution in [-0.2, 0) is 4.79 Å². The Balaban J connectivity index is -0.0000000575. The molecule has 0 unspecified atom stereocenters. The molecule has 0 amide bonds. The van der Waals surface area contributed by atoms with Gasteiger partial charge in [0.15, 0.2) is 0 Å². The fourth-order valence-corrected chi connectivity index (χ4v) is 0. The molecule has 50 valence electrons. The second kappa shape index (κ2) is 17.3. The average molecular weight is 125 g/mol. The zero-order valence-electron chi connectivity index (χ0n) is 4.20. The van der Waals surface area contributed by atoms with Crippen LogP contribution < -0.4 is 11.3 Å². The normalized spacial score (nSPS) is 4.50. The maximum Gasteiger partial charge on any atom is 0.290 e. The van der Waals surface area contributed by atoms with Crippen LogP contribution in [-0.4, -0.2) is 22.8 Å². The van der Waals surface area contributed by atoms with Gasteiger partial charge in [0.05, 0.1) is 0 Å². The lowest BCUT2D eigenvalue weighted by molar-refractivity contribution is -0.275. The Labute approximate surface area is 45.0 Å². The van der Waals surface area contributed by atoms with Crippen LogP contribution in [0.4, 0.5) is 4.79 Å². The largest absolute Gasteiger partial charge is 0.565 e. The minimum Gasteiger partial charge on any atom is -0.565 e. The topological polar surface area (TPSA) is 134 Å². The molecule has 8 heavy (non-hydrogen) atoms. The van der Waals surface area contributed by atoms with E-state index in [0.717, 1.165) is 0 Å². The van der Waals surface area contributed by atoms with Crippen LogP contribution >= 0.6 is 0 Å². The zero-order valence-corrected chi connectivity index (χ0v) is 4.20. The Morgan fingerprint density at radius 3 is 1.62 bits per heavy atom. The summed E-state index contributed by atoms with van der Waals surface area (Å²) >= 11 is 0. The van der Waals surface area contributed by atoms with Crippen molar-refractivity contribution in [1.29, 1.82) is 0 Å². The number of hydrogen-bond acceptors (Lipinski definition) is 3. The van der Waals surface area contributed by atoms with Crippen LogP contribution in [0.3, 0.4) is 0 Å². The van der Waals surface area contributed by atoms with Crippen molar-refractivity contribution in [3.8, 4) is 0 Å². The molecule has 0 aliphatic rings. The lowest BCUT2D eigenvalue weighted by Crippen LogP contribution is -2.17. The molecule has 0 heterocycles. The quantitative estimate of drug-likeness (QED) is 0.355. The minimum absolute atomic E-state index is 0. The van der Waals surface area contributed by atoms with E-state index >= 15 is 0 Å². The molecule has 0 aromatic rings. The maximum atomic E-state index is 8.44. The summed E-state index contributed by atoms with van der Waals surface area (Å²) in [4.78, 5) is 16.8. The molecule has 0 aromatic heterocycles. The van der Waals surface area contributed by atoms with Crippen LogP contribution in [0.5, 0.6) is 0 Å². The molecule has 0 spiro atoms. The second-order valence-corrected chi connectivity index (χ2v) is 0.371. The van der Waals surface area contributed by atoms with E-state index in [1.807, 2.05) is 0 Å². The van der Waals surface area contributed by atoms with E-state index in [4.69, 9.17) is 24.9 Å². The summed E-state index contributed by atoms with van der Waals surface area (Å²) < 4.78 is 0. The molecule has 0 bridgehead atoms. The molecule has 0 aromatic carbocycles. The van der Waals surface area contributed by atoms with E-state index < -0.39 is 6.16 Å². The highest BCUT2D eigenvalue weighted by atomic mass is 16.6. The van der Waals surface area contributed by atoms with Gasteiger partial charge in [0.1, 0.15) is 0 Å². The van der Waals surface area contributed by atoms with Gasteiger partial charge in [-0.2, -0.15) is 0 Å². The zero-order chi connectivity index (χ0) is 6.28. The van der Waals surface area contributed by atoms with Crippen molar-refractivity contribution in [2.24, 2.45) is 0 Å². The van der Waals surface area contributed by atoms with Crippen LogP contribution in [0.2, 0.25) is 0 Å². The van der Waals surface area contributed by atoms with Crippen LogP contribution in [0, 0.1) is 0 Å². The molecular weight excluding hydrogens is 118 g/mol. The molecule has 6 nitrogen and oxygen atoms in total. The van der Waals surface area contributed by atoms with E-state index in [9.17, 15) is 0 Å². The first-order valence-electron chi connectivity index (χ1n) is 1.13. The van der Waals surface area contributed by atoms with E-state index in [-0.39, 0.29) is 12.6 Å². The summed E-state index contributed by atoms with van der Waals surface area (Å²) in [6.07, 6.45) is -2.08. The lowest BCUT2D eigenvalue weighted by atomic mass is 11.5. The van der Waals surface area contributed by atoms with Crippen molar-refractivity contribution in [3.63, 3.8) is 0 Å². The van der Waals surface area contributed by atoms with Gasteiger partial charge in [-0.1, -0.05) is 0 Å². The third kappa shape index (κ3) is 38.1. The first-order chi connectivity index (χ1) is 3.15. The van der Waals surface area contributed by atoms with E-state index in [1.54, 1.807) is 0 Å². The van der Waals surface area contributed by atoms with E-state index in [0.29, 0.717) is 0 Å². The van der Waals surface area contributed by atoms with Crippen molar-refractivity contribution in [2.45, 2.75) is 0 Å². The fraction of sp³-hybridized carbons (Fsp3) is 0. The van der Waals surface area contributed by atoms with Gasteiger partial charge in [-0.25, -0.2) is 0 Å². The highest BCUT2D eigenvalue weighted by Gasteiger charge is 1.51. The van der Waals surface area contributed by atoms with Gasteiger partial charge in [0, 0.05) is 0 Å². The molecule has 0 radical (unpaired) electrons. The van der Waals surface area contributed by atoms with Crippen molar-refractivity contribution in [3.05, 3.63) is 0 Å². The molecule has 6 N–H and O–H groups in total. The van der Waals surface area contributed by atoms with Gasteiger partial charge in [-0.15, -0.1) is 0 Å². The van der Waals surface area contributed by atoms with Crippen molar-refractivity contribution in [2.75, 3.05) is 0 Å². The SMILES string of the molecule is O=C([O-])O.O=CO.[NH4+]. The number of quaternary nitrogens is 1. The van der Waals surface area contributed by atoms with Crippen LogP contribution in [0.15, 0.2) is 0 Å². The van der Waals surface area contributed by atoms with Crippen molar-refractivity contribution < 1.29 is 24.9 Å². The van der Waals surface area contributed by atoms with E-state index in [1.165, 1.54) is 0 Å². The second-order valence-electron chi connectivity index (χ2n) is 0.371. The highest BCUT2D eigenvalue weighted by molar-refractivity contribution is 5.50. The predicted molar refractivity (Wildman–Crippen MR) is 22.7 cm³/mol. The molecule has 0 fully saturated rings. The van der Waals surface area contributed by atoms with Crippen molar-refractivity contribution >= 4 is 12.6 Å². The smallest absolute Gasteiger partial charge is 0.290 e. The van der Waals surface area contributed by atoms with Gasteiger partial charge in [-0.05, 0) is 0 Å². The van der Waals surface area contributed by atoms with Crippen LogP contribution in [0.1, 0.15) is 0 Å². The Hall–Kier alpha value is -1.30. The fourth-order valence-electron chi connectivity index (χ4n) is 0. The standard InChI is InChI=1S/CH2O3.CH2O2.H3N/c2-1(3)4;2-1-3;/h(H2,2,3,4);1H,(H,2,3);1H3. The number of carbonyl (C=O) groups is 2. The van der Waals surface area contributed by atoms with Crippen LogP contribution in [0.25, 0.3) is 0 Å². The Morgan fingerprint density at radius 2 is 1.62 bits per heavy atom. The number of hydrogen-bond donors (Lipinski definition) is 3. The average Bonchev–Trinajstić information content (AvgIpc) is 1.33. The first-order valence-corrected chi connectivity index (χ1v) is 1.13. The first kappa shape index (κ1) is 15.9. The number of carboxylic acid groups (broad SMARTS) is 3. The summed E-state index contributed by atoms with van der Waals surface area (Å²) in [5.41, 5.74) is 0. The molecule has 6 heteroatoms. The van der Waals surface area contributed by atoms with Crippen molar-refractivity contribution in [1.82, 2.24) is 6.15 Å². The molecule has 0 rings (SSSR count). The van der Waals surface area contributed by atoms with Gasteiger partial charge < -0.3 is 26.3 Å². The molecule has 0 aliphatic heterocycles. The molecule has 0 atom stereocenters. The van der Waals surface area contributed by atoms with Gasteiger partial charge >= 0.3 is 0 Å². The van der Waals surface area contributed by atoms with Gasteiger partial charge in [0.2, 0.25) is 6.16 Å². The minimum atomic E-state index is -2.08. The highest BCUT2D eigenvalue weighted by Crippen LogP contribution is 1.32. The molecule has 0 saturated carbocycles. The summed E-state index contributed by atoms with van der Waals surface area (Å²) in [6.45, 7) is -0.250. The van der Waals surface area contributed by atoms with Gasteiger partial charge in [-0.3, -0.25) is 4.79 Å². The number of rotatable bonds is 0. The Bertz CT molecular complexity index is 57.4. The predicted octanol–water partition coefficient (Wildman–Crippen LogP) is -1.04. The third-order valence-electron chi connectivity index (χ3n) is 0. The van der Waals surface area contributed by atoms with E-state index in [2.05, 4.69) is 0 Å². The lowest BCUT2D eigenvalue weighted by Gasteiger charge is -1.74. The Morgan fingerprint density at radius 1 is 1.62 bits per heavy atom. The Kier molecular flexibility index (Phi) is 34.3. The third-order valence-corrected chi connectivity index (χ3v) is 0. The summed E-state index contributed by atoms with van der Waals surface area (Å²) in [6, 6.07) is 0. The summed E-state index contributed by atoms with van der Waals surface area (Å²) in [5.74, 6) is 0. The molecule has 0 aliphatic carbocycles. The summed E-state index contributed by atoms with van der Waals surface area (Å²) in [7, 11) is 0. The van der Waals surface area contributed by atoms with Gasteiger partial charge in [0.25, 0.3) is 6.47 Å². The monoisotopic (exact) mass is 125 g/mol. The summed E-state index contributed by atoms with van der Waals surface area (Å²) in [5, 5.41) is 22.2. The molecule has 0 saturated heterocycles. The molecular formula is C2H7NO5.